The molecule has 0 saturated carbocycles. The molecule has 1 fully saturated rings. The van der Waals surface area contributed by atoms with Gasteiger partial charge in [0.2, 0.25) is 0 Å². The van der Waals surface area contributed by atoms with Crippen molar-refractivity contribution in [1.29, 1.82) is 0 Å². The van der Waals surface area contributed by atoms with E-state index < -0.39 is 0 Å². The SMILES string of the molecule is Cn1cncc1C(=O)N1CCCC1/C(N)=N/O. The highest BCUT2D eigenvalue weighted by molar-refractivity contribution is 5.97. The van der Waals surface area contributed by atoms with Crippen molar-refractivity contribution in [1.82, 2.24) is 14.5 Å². The van der Waals surface area contributed by atoms with Crippen LogP contribution in [-0.2, 0) is 7.05 Å². The molecule has 7 nitrogen and oxygen atoms in total. The van der Waals surface area contributed by atoms with E-state index in [1.807, 2.05) is 0 Å². The summed E-state index contributed by atoms with van der Waals surface area (Å²) in [7, 11) is 1.76. The maximum Gasteiger partial charge on any atom is 0.272 e. The minimum Gasteiger partial charge on any atom is -0.409 e. The maximum atomic E-state index is 12.2. The quantitative estimate of drug-likeness (QED) is 0.321. The second kappa shape index (κ2) is 4.44. The maximum absolute atomic E-state index is 12.2. The van der Waals surface area contributed by atoms with Gasteiger partial charge in [-0.05, 0) is 12.8 Å². The molecule has 1 unspecified atom stereocenters. The molecule has 1 aromatic rings. The summed E-state index contributed by atoms with van der Waals surface area (Å²) >= 11 is 0. The van der Waals surface area contributed by atoms with Crippen LogP contribution in [0.2, 0.25) is 0 Å². The number of hydrogen-bond donors (Lipinski definition) is 2. The Labute approximate surface area is 98.5 Å². The van der Waals surface area contributed by atoms with E-state index in [0.29, 0.717) is 12.2 Å². The number of hydrogen-bond acceptors (Lipinski definition) is 4. The Morgan fingerprint density at radius 2 is 2.47 bits per heavy atom. The number of aryl methyl sites for hydroxylation is 1. The number of carbonyl (C=O) groups excluding carboxylic acids is 1. The molecule has 17 heavy (non-hydrogen) atoms. The van der Waals surface area contributed by atoms with Crippen LogP contribution in [0.1, 0.15) is 23.3 Å². The number of imidazole rings is 1. The van der Waals surface area contributed by atoms with Crippen molar-refractivity contribution in [3.8, 4) is 0 Å². The van der Waals surface area contributed by atoms with E-state index >= 15 is 0 Å². The summed E-state index contributed by atoms with van der Waals surface area (Å²) in [5.74, 6) is -0.0582. The summed E-state index contributed by atoms with van der Waals surface area (Å²) in [5.41, 5.74) is 6.08. The fraction of sp³-hybridized carbons (Fsp3) is 0.500. The van der Waals surface area contributed by atoms with Gasteiger partial charge in [0.25, 0.3) is 5.91 Å². The van der Waals surface area contributed by atoms with Crippen LogP contribution in [0.5, 0.6) is 0 Å². The van der Waals surface area contributed by atoms with Crippen LogP contribution in [0, 0.1) is 0 Å². The third-order valence-corrected chi connectivity index (χ3v) is 3.01. The predicted molar refractivity (Wildman–Crippen MR) is 60.7 cm³/mol. The lowest BCUT2D eigenvalue weighted by Gasteiger charge is -2.23. The number of rotatable bonds is 2. The molecule has 1 saturated heterocycles. The Morgan fingerprint density at radius 3 is 3.06 bits per heavy atom. The lowest BCUT2D eigenvalue weighted by molar-refractivity contribution is 0.0758. The molecular formula is C10H15N5O2. The fourth-order valence-corrected chi connectivity index (χ4v) is 2.09. The highest BCUT2D eigenvalue weighted by atomic mass is 16.4. The van der Waals surface area contributed by atoms with Gasteiger partial charge in [-0.1, -0.05) is 5.16 Å². The standard InChI is InChI=1S/C10H15N5O2/c1-14-6-12-5-8(14)10(16)15-4-2-3-7(15)9(11)13-17/h5-7,17H,2-4H2,1H3,(H2,11,13). The largest absolute Gasteiger partial charge is 0.409 e. The van der Waals surface area contributed by atoms with E-state index in [4.69, 9.17) is 10.9 Å². The van der Waals surface area contributed by atoms with Crippen LogP contribution in [0.4, 0.5) is 0 Å². The molecule has 2 heterocycles. The Balaban J connectivity index is 2.23. The summed E-state index contributed by atoms with van der Waals surface area (Å²) in [5, 5.41) is 11.7. The van der Waals surface area contributed by atoms with E-state index in [-0.39, 0.29) is 17.8 Å². The summed E-state index contributed by atoms with van der Waals surface area (Å²) in [4.78, 5) is 17.8. The van der Waals surface area contributed by atoms with Crippen molar-refractivity contribution in [3.63, 3.8) is 0 Å². The molecule has 3 N–H and O–H groups in total. The Kier molecular flexibility index (Phi) is 2.99. The summed E-state index contributed by atoms with van der Waals surface area (Å²) < 4.78 is 1.66. The third kappa shape index (κ3) is 1.95. The van der Waals surface area contributed by atoms with Gasteiger partial charge in [0.15, 0.2) is 5.84 Å². The first kappa shape index (κ1) is 11.4. The van der Waals surface area contributed by atoms with Crippen molar-refractivity contribution in [3.05, 3.63) is 18.2 Å². The van der Waals surface area contributed by atoms with Crippen molar-refractivity contribution < 1.29 is 10.0 Å². The summed E-state index contributed by atoms with van der Waals surface area (Å²) in [6.07, 6.45) is 4.66. The number of nitrogens with zero attached hydrogens (tertiary/aromatic N) is 4. The second-order valence-electron chi connectivity index (χ2n) is 4.07. The number of carbonyl (C=O) groups is 1. The molecule has 2 rings (SSSR count). The lowest BCUT2D eigenvalue weighted by Crippen LogP contribution is -2.44. The average molecular weight is 237 g/mol. The third-order valence-electron chi connectivity index (χ3n) is 3.01. The van der Waals surface area contributed by atoms with Gasteiger partial charge in [-0.15, -0.1) is 0 Å². The number of amidine groups is 1. The van der Waals surface area contributed by atoms with Gasteiger partial charge in [-0.2, -0.15) is 0 Å². The normalized spacial score (nSPS) is 20.9. The van der Waals surface area contributed by atoms with E-state index in [9.17, 15) is 4.79 Å². The van der Waals surface area contributed by atoms with Crippen LogP contribution in [0.15, 0.2) is 17.7 Å². The minimum absolute atomic E-state index is 0.0815. The molecule has 92 valence electrons. The summed E-state index contributed by atoms with van der Waals surface area (Å²) in [6.45, 7) is 0.616. The van der Waals surface area contributed by atoms with Crippen molar-refractivity contribution >= 4 is 11.7 Å². The van der Waals surface area contributed by atoms with E-state index in [0.717, 1.165) is 12.8 Å². The zero-order chi connectivity index (χ0) is 12.4. The fourth-order valence-electron chi connectivity index (χ4n) is 2.09. The zero-order valence-electron chi connectivity index (χ0n) is 9.58. The molecule has 1 atom stereocenters. The van der Waals surface area contributed by atoms with Gasteiger partial charge in [0.1, 0.15) is 5.69 Å². The number of likely N-dealkylation sites (tertiary alicyclic amines) is 1. The molecule has 0 bridgehead atoms. The number of amides is 1. The number of oxime groups is 1. The van der Waals surface area contributed by atoms with Crippen LogP contribution in [-0.4, -0.2) is 44.0 Å². The molecule has 1 amide bonds. The van der Waals surface area contributed by atoms with E-state index in [1.165, 1.54) is 6.20 Å². The van der Waals surface area contributed by atoms with Crippen molar-refractivity contribution in [2.45, 2.75) is 18.9 Å². The van der Waals surface area contributed by atoms with Crippen LogP contribution >= 0.6 is 0 Å². The first-order chi connectivity index (χ1) is 8.15. The molecule has 0 aliphatic carbocycles. The minimum atomic E-state index is -0.317. The molecule has 1 aliphatic rings. The molecule has 1 aliphatic heterocycles. The Bertz CT molecular complexity index is 453. The van der Waals surface area contributed by atoms with Crippen LogP contribution < -0.4 is 5.73 Å². The van der Waals surface area contributed by atoms with Gasteiger partial charge in [0.05, 0.1) is 18.6 Å². The zero-order valence-corrected chi connectivity index (χ0v) is 9.58. The molecule has 0 radical (unpaired) electrons. The van der Waals surface area contributed by atoms with Gasteiger partial charge >= 0.3 is 0 Å². The number of aromatic nitrogens is 2. The van der Waals surface area contributed by atoms with Gasteiger partial charge < -0.3 is 20.4 Å². The van der Waals surface area contributed by atoms with Crippen molar-refractivity contribution in [2.75, 3.05) is 6.54 Å². The Morgan fingerprint density at radius 1 is 1.71 bits per heavy atom. The van der Waals surface area contributed by atoms with Crippen LogP contribution in [0.3, 0.4) is 0 Å². The smallest absolute Gasteiger partial charge is 0.272 e. The molecular weight excluding hydrogens is 222 g/mol. The highest BCUT2D eigenvalue weighted by Crippen LogP contribution is 2.19. The van der Waals surface area contributed by atoms with Gasteiger partial charge in [-0.25, -0.2) is 4.98 Å². The molecule has 7 heteroatoms. The van der Waals surface area contributed by atoms with E-state index in [2.05, 4.69) is 10.1 Å². The second-order valence-corrected chi connectivity index (χ2v) is 4.07. The highest BCUT2D eigenvalue weighted by Gasteiger charge is 2.33. The predicted octanol–water partition coefficient (Wildman–Crippen LogP) is -0.229. The summed E-state index contributed by atoms with van der Waals surface area (Å²) in [6, 6.07) is -0.317. The van der Waals surface area contributed by atoms with Gasteiger partial charge in [0, 0.05) is 13.6 Å². The van der Waals surface area contributed by atoms with Crippen molar-refractivity contribution in [2.24, 2.45) is 17.9 Å². The number of nitrogens with two attached hydrogens (primary N) is 1. The van der Waals surface area contributed by atoms with Gasteiger partial charge in [-0.3, -0.25) is 4.79 Å². The first-order valence-corrected chi connectivity index (χ1v) is 5.40. The molecule has 0 aromatic carbocycles. The average Bonchev–Trinajstić information content (AvgIpc) is 2.95. The molecule has 1 aromatic heterocycles. The van der Waals surface area contributed by atoms with E-state index in [1.54, 1.807) is 22.8 Å². The Hall–Kier alpha value is -2.05. The first-order valence-electron chi connectivity index (χ1n) is 5.40. The molecule has 0 spiro atoms. The monoisotopic (exact) mass is 237 g/mol. The lowest BCUT2D eigenvalue weighted by atomic mass is 10.2. The topological polar surface area (TPSA) is 96.7 Å². The van der Waals surface area contributed by atoms with Crippen LogP contribution in [0.25, 0.3) is 0 Å².